The molecule has 0 aliphatic carbocycles. The predicted octanol–water partition coefficient (Wildman–Crippen LogP) is 2.49. The standard InChI is InChI=1S/C20H18N2O6/c1-3-27-17-11-12(10-15-18(23)22-20(25)21-15)4-9-16(17)28-19(24)13-5-7-14(26-2)8-6-13/h4-11H,3H2,1-2H3,(H2,21,22,23,25). The third-order valence-corrected chi connectivity index (χ3v) is 3.83. The molecule has 1 saturated heterocycles. The summed E-state index contributed by atoms with van der Waals surface area (Å²) in [6, 6.07) is 10.8. The molecule has 0 atom stereocenters. The van der Waals surface area contributed by atoms with E-state index in [2.05, 4.69) is 10.6 Å². The fraction of sp³-hybridized carbons (Fsp3) is 0.150. The van der Waals surface area contributed by atoms with E-state index in [0.717, 1.165) is 0 Å². The van der Waals surface area contributed by atoms with Crippen molar-refractivity contribution in [2.45, 2.75) is 6.92 Å². The van der Waals surface area contributed by atoms with Gasteiger partial charge in [0, 0.05) is 0 Å². The zero-order valence-electron chi connectivity index (χ0n) is 15.3. The summed E-state index contributed by atoms with van der Waals surface area (Å²) in [5.41, 5.74) is 1.08. The third kappa shape index (κ3) is 4.29. The summed E-state index contributed by atoms with van der Waals surface area (Å²) in [5.74, 6) is 0.148. The minimum absolute atomic E-state index is 0.121. The van der Waals surface area contributed by atoms with Gasteiger partial charge in [0.1, 0.15) is 11.4 Å². The van der Waals surface area contributed by atoms with Crippen LogP contribution in [-0.2, 0) is 4.79 Å². The van der Waals surface area contributed by atoms with Crippen LogP contribution >= 0.6 is 0 Å². The summed E-state index contributed by atoms with van der Waals surface area (Å²) >= 11 is 0. The van der Waals surface area contributed by atoms with Crippen LogP contribution in [-0.4, -0.2) is 31.6 Å². The van der Waals surface area contributed by atoms with Crippen LogP contribution in [0.25, 0.3) is 6.08 Å². The van der Waals surface area contributed by atoms with Crippen LogP contribution in [0, 0.1) is 0 Å². The van der Waals surface area contributed by atoms with Crippen molar-refractivity contribution in [3.05, 3.63) is 59.3 Å². The molecule has 8 heteroatoms. The van der Waals surface area contributed by atoms with Crippen molar-refractivity contribution >= 4 is 24.0 Å². The average molecular weight is 382 g/mol. The fourth-order valence-corrected chi connectivity index (χ4v) is 2.50. The van der Waals surface area contributed by atoms with Gasteiger partial charge in [-0.15, -0.1) is 0 Å². The number of methoxy groups -OCH3 is 1. The first kappa shape index (κ1) is 19.0. The summed E-state index contributed by atoms with van der Waals surface area (Å²) in [7, 11) is 1.54. The van der Waals surface area contributed by atoms with Crippen molar-refractivity contribution in [3.8, 4) is 17.2 Å². The quantitative estimate of drug-likeness (QED) is 0.344. The lowest BCUT2D eigenvalue weighted by Crippen LogP contribution is -2.22. The lowest BCUT2D eigenvalue weighted by atomic mass is 10.1. The highest BCUT2D eigenvalue weighted by Gasteiger charge is 2.23. The Morgan fingerprint density at radius 3 is 2.39 bits per heavy atom. The molecule has 8 nitrogen and oxygen atoms in total. The molecule has 3 rings (SSSR count). The Kier molecular flexibility index (Phi) is 5.59. The normalized spacial score (nSPS) is 14.4. The van der Waals surface area contributed by atoms with Crippen LogP contribution in [0.1, 0.15) is 22.8 Å². The van der Waals surface area contributed by atoms with Crippen LogP contribution < -0.4 is 24.8 Å². The topological polar surface area (TPSA) is 103 Å². The Balaban J connectivity index is 1.82. The van der Waals surface area contributed by atoms with Gasteiger partial charge in [-0.05, 0) is 55.0 Å². The van der Waals surface area contributed by atoms with Crippen molar-refractivity contribution in [1.29, 1.82) is 0 Å². The molecule has 1 heterocycles. The highest BCUT2D eigenvalue weighted by Crippen LogP contribution is 2.30. The van der Waals surface area contributed by atoms with Crippen LogP contribution in [0.2, 0.25) is 0 Å². The monoisotopic (exact) mass is 382 g/mol. The summed E-state index contributed by atoms with van der Waals surface area (Å²) in [5, 5.41) is 4.53. The van der Waals surface area contributed by atoms with Crippen molar-refractivity contribution in [3.63, 3.8) is 0 Å². The number of hydrogen-bond acceptors (Lipinski definition) is 6. The lowest BCUT2D eigenvalue weighted by Gasteiger charge is -2.12. The van der Waals surface area contributed by atoms with E-state index in [-0.39, 0.29) is 11.4 Å². The average Bonchev–Trinajstić information content (AvgIpc) is 3.01. The number of rotatable bonds is 6. The largest absolute Gasteiger partial charge is 0.497 e. The maximum atomic E-state index is 12.4. The number of benzene rings is 2. The van der Waals surface area contributed by atoms with Gasteiger partial charge in [-0.3, -0.25) is 10.1 Å². The Morgan fingerprint density at radius 1 is 1.04 bits per heavy atom. The smallest absolute Gasteiger partial charge is 0.343 e. The van der Waals surface area contributed by atoms with Gasteiger partial charge in [0.15, 0.2) is 11.5 Å². The van der Waals surface area contributed by atoms with E-state index < -0.39 is 17.9 Å². The Labute approximate surface area is 161 Å². The molecular weight excluding hydrogens is 364 g/mol. The van der Waals surface area contributed by atoms with Crippen LogP contribution in [0.3, 0.4) is 0 Å². The Morgan fingerprint density at radius 2 is 1.79 bits per heavy atom. The number of nitrogens with one attached hydrogen (secondary N) is 2. The molecule has 2 aromatic carbocycles. The number of esters is 1. The zero-order valence-corrected chi connectivity index (χ0v) is 15.3. The molecule has 144 valence electrons. The predicted molar refractivity (Wildman–Crippen MR) is 100 cm³/mol. The van der Waals surface area contributed by atoms with E-state index in [1.165, 1.54) is 6.08 Å². The van der Waals surface area contributed by atoms with Gasteiger partial charge in [-0.25, -0.2) is 9.59 Å². The van der Waals surface area contributed by atoms with E-state index in [1.54, 1.807) is 56.5 Å². The number of carbonyl (C=O) groups excluding carboxylic acids is 3. The first-order chi connectivity index (χ1) is 13.5. The minimum atomic E-state index is -0.577. The van der Waals surface area contributed by atoms with E-state index >= 15 is 0 Å². The molecule has 1 aliphatic rings. The summed E-state index contributed by atoms with van der Waals surface area (Å²) < 4.78 is 16.1. The summed E-state index contributed by atoms with van der Waals surface area (Å²) in [6.45, 7) is 2.15. The molecule has 1 fully saturated rings. The minimum Gasteiger partial charge on any atom is -0.497 e. The van der Waals surface area contributed by atoms with Gasteiger partial charge in [0.2, 0.25) is 0 Å². The molecule has 28 heavy (non-hydrogen) atoms. The molecule has 3 amide bonds. The van der Waals surface area contributed by atoms with Crippen LogP contribution in [0.4, 0.5) is 4.79 Å². The lowest BCUT2D eigenvalue weighted by molar-refractivity contribution is -0.115. The SMILES string of the molecule is CCOc1cc(C=C2NC(=O)NC2=O)ccc1OC(=O)c1ccc(OC)cc1. The summed E-state index contributed by atoms with van der Waals surface area (Å²) in [6.07, 6.45) is 1.50. The number of ether oxygens (including phenoxy) is 3. The van der Waals surface area contributed by atoms with Crippen molar-refractivity contribution in [2.75, 3.05) is 13.7 Å². The van der Waals surface area contributed by atoms with Gasteiger partial charge in [-0.1, -0.05) is 6.07 Å². The molecule has 2 aromatic rings. The second-order valence-corrected chi connectivity index (χ2v) is 5.72. The second-order valence-electron chi connectivity index (χ2n) is 5.72. The number of imide groups is 1. The van der Waals surface area contributed by atoms with Gasteiger partial charge in [0.05, 0.1) is 19.3 Å². The van der Waals surface area contributed by atoms with E-state index in [0.29, 0.717) is 29.2 Å². The van der Waals surface area contributed by atoms with Crippen molar-refractivity contribution in [2.24, 2.45) is 0 Å². The van der Waals surface area contributed by atoms with Gasteiger partial charge < -0.3 is 19.5 Å². The third-order valence-electron chi connectivity index (χ3n) is 3.83. The number of carbonyl (C=O) groups is 3. The van der Waals surface area contributed by atoms with Gasteiger partial charge in [0.25, 0.3) is 5.91 Å². The molecular formula is C20H18N2O6. The van der Waals surface area contributed by atoms with Crippen molar-refractivity contribution in [1.82, 2.24) is 10.6 Å². The van der Waals surface area contributed by atoms with Crippen molar-refractivity contribution < 1.29 is 28.6 Å². The molecule has 0 radical (unpaired) electrons. The highest BCUT2D eigenvalue weighted by atomic mass is 16.6. The van der Waals surface area contributed by atoms with Gasteiger partial charge in [-0.2, -0.15) is 0 Å². The maximum absolute atomic E-state index is 12.4. The van der Waals surface area contributed by atoms with Crippen LogP contribution in [0.15, 0.2) is 48.2 Å². The Hall–Kier alpha value is -3.81. The molecule has 0 unspecified atom stereocenters. The summed E-state index contributed by atoms with van der Waals surface area (Å²) in [4.78, 5) is 35.2. The maximum Gasteiger partial charge on any atom is 0.343 e. The van der Waals surface area contributed by atoms with E-state index in [9.17, 15) is 14.4 Å². The zero-order chi connectivity index (χ0) is 20.1. The molecule has 0 bridgehead atoms. The van der Waals surface area contributed by atoms with Gasteiger partial charge >= 0.3 is 12.0 Å². The van der Waals surface area contributed by atoms with Crippen LogP contribution in [0.5, 0.6) is 17.2 Å². The fourth-order valence-electron chi connectivity index (χ4n) is 2.50. The van der Waals surface area contributed by atoms with E-state index in [1.807, 2.05) is 0 Å². The molecule has 0 spiro atoms. The number of hydrogen-bond donors (Lipinski definition) is 2. The Bertz CT molecular complexity index is 950. The second kappa shape index (κ2) is 8.26. The first-order valence-corrected chi connectivity index (χ1v) is 8.47. The van der Waals surface area contributed by atoms with E-state index in [4.69, 9.17) is 14.2 Å². The highest BCUT2D eigenvalue weighted by molar-refractivity contribution is 6.14. The molecule has 1 aliphatic heterocycles. The first-order valence-electron chi connectivity index (χ1n) is 8.47. The molecule has 2 N–H and O–H groups in total. The molecule has 0 aromatic heterocycles. The molecule has 0 saturated carbocycles. The number of amides is 3. The number of urea groups is 1.